The van der Waals surface area contributed by atoms with Gasteiger partial charge in [0.15, 0.2) is 0 Å². The topological polar surface area (TPSA) is 36.7 Å². The van der Waals surface area contributed by atoms with Gasteiger partial charge in [-0.1, -0.05) is 45.4 Å². The van der Waals surface area contributed by atoms with Crippen molar-refractivity contribution in [3.8, 4) is 6.07 Å². The summed E-state index contributed by atoms with van der Waals surface area (Å²) in [7, 11) is 0. The molecule has 0 radical (unpaired) electrons. The molecule has 1 rings (SSSR count). The number of rotatable bonds is 1. The van der Waals surface area contributed by atoms with Crippen molar-refractivity contribution in [1.82, 2.24) is 4.98 Å². The van der Waals surface area contributed by atoms with Gasteiger partial charge in [-0.2, -0.15) is 5.26 Å². The van der Waals surface area contributed by atoms with E-state index in [-0.39, 0.29) is 0 Å². The highest BCUT2D eigenvalue weighted by atomic mass is 35.5. The van der Waals surface area contributed by atoms with Gasteiger partial charge < -0.3 is 0 Å². The lowest BCUT2D eigenvalue weighted by Gasteiger charge is -1.90. The maximum absolute atomic E-state index is 8.28. The first-order chi connectivity index (χ1) is 6.83. The molecule has 0 bridgehead atoms. The molecule has 1 aromatic rings. The van der Waals surface area contributed by atoms with Crippen LogP contribution in [0.5, 0.6) is 0 Å². The fourth-order valence-electron chi connectivity index (χ4n) is 0.602. The summed E-state index contributed by atoms with van der Waals surface area (Å²) in [5.74, 6) is 0. The Hall–Kier alpha value is -1.07. The maximum Gasteiger partial charge on any atom is 0.129 e. The molecule has 0 aliphatic rings. The van der Waals surface area contributed by atoms with E-state index in [0.717, 1.165) is 5.56 Å². The molecule has 0 spiro atoms. The minimum Gasteiger partial charge on any atom is -0.244 e. The highest BCUT2D eigenvalue weighted by Gasteiger charge is 1.90. The Kier molecular flexibility index (Phi) is 13.1. The van der Waals surface area contributed by atoms with Crippen LogP contribution in [0.15, 0.2) is 18.3 Å². The van der Waals surface area contributed by atoms with Crippen molar-refractivity contribution in [2.24, 2.45) is 0 Å². The normalized spacial score (nSPS) is 7.14. The maximum atomic E-state index is 8.28. The lowest BCUT2D eigenvalue weighted by molar-refractivity contribution is 1.19. The van der Waals surface area contributed by atoms with Crippen LogP contribution in [0, 0.1) is 11.3 Å². The Morgan fingerprint density at radius 2 is 1.86 bits per heavy atom. The second-order valence-corrected chi connectivity index (χ2v) is 2.21. The molecule has 3 heteroatoms. The van der Waals surface area contributed by atoms with Gasteiger partial charge in [-0.25, -0.2) is 4.98 Å². The summed E-state index contributed by atoms with van der Waals surface area (Å²) in [6.07, 6.45) is 2.00. The molecule has 0 unspecified atom stereocenters. The van der Waals surface area contributed by atoms with Gasteiger partial charge in [0, 0.05) is 6.20 Å². The number of hydrogen-bond donors (Lipinski definition) is 0. The van der Waals surface area contributed by atoms with Crippen molar-refractivity contribution in [2.75, 3.05) is 0 Å². The van der Waals surface area contributed by atoms with E-state index in [4.69, 9.17) is 16.9 Å². The fourth-order valence-corrected chi connectivity index (χ4v) is 0.714. The van der Waals surface area contributed by atoms with Crippen molar-refractivity contribution in [3.63, 3.8) is 0 Å². The molecule has 0 N–H and O–H groups in total. The van der Waals surface area contributed by atoms with E-state index >= 15 is 0 Å². The van der Waals surface area contributed by atoms with Gasteiger partial charge >= 0.3 is 0 Å². The average molecular weight is 213 g/mol. The smallest absolute Gasteiger partial charge is 0.129 e. The molecular formula is C11H17ClN2. The predicted molar refractivity (Wildman–Crippen MR) is 61.3 cm³/mol. The molecule has 0 saturated carbocycles. The molecule has 0 aliphatic carbocycles. The van der Waals surface area contributed by atoms with Gasteiger partial charge in [-0.15, -0.1) is 0 Å². The Balaban J connectivity index is 0. The van der Waals surface area contributed by atoms with E-state index < -0.39 is 0 Å². The largest absolute Gasteiger partial charge is 0.244 e. The predicted octanol–water partition coefficient (Wildman–Crippen LogP) is 3.85. The third kappa shape index (κ3) is 7.57. The van der Waals surface area contributed by atoms with Gasteiger partial charge in [-0.3, -0.25) is 0 Å². The highest BCUT2D eigenvalue weighted by molar-refractivity contribution is 6.29. The lowest BCUT2D eigenvalue weighted by Crippen LogP contribution is -1.82. The highest BCUT2D eigenvalue weighted by Crippen LogP contribution is 2.04. The Bertz CT molecular complexity index is 249. The van der Waals surface area contributed by atoms with Crippen LogP contribution in [-0.2, 0) is 6.42 Å². The van der Waals surface area contributed by atoms with Crippen LogP contribution in [0.4, 0.5) is 0 Å². The van der Waals surface area contributed by atoms with Crippen LogP contribution in [0.2, 0.25) is 5.15 Å². The Labute approximate surface area is 91.5 Å². The molecule has 0 amide bonds. The molecule has 0 aromatic carbocycles. The third-order valence-electron chi connectivity index (χ3n) is 1.07. The summed E-state index contributed by atoms with van der Waals surface area (Å²) in [5, 5.41) is 8.74. The molecule has 0 aliphatic heterocycles. The van der Waals surface area contributed by atoms with Crippen molar-refractivity contribution in [2.45, 2.75) is 34.1 Å². The molecule has 1 aromatic heterocycles. The minimum atomic E-state index is 0.393. The molecule has 1 heterocycles. The number of nitriles is 1. The van der Waals surface area contributed by atoms with Crippen LogP contribution in [0.1, 0.15) is 33.3 Å². The van der Waals surface area contributed by atoms with Gasteiger partial charge in [0.25, 0.3) is 0 Å². The van der Waals surface area contributed by atoms with Crippen LogP contribution >= 0.6 is 11.6 Å². The van der Waals surface area contributed by atoms with Crippen molar-refractivity contribution in [3.05, 3.63) is 29.0 Å². The number of pyridine rings is 1. The molecule has 0 saturated heterocycles. The van der Waals surface area contributed by atoms with Gasteiger partial charge in [0.1, 0.15) is 5.15 Å². The molecular weight excluding hydrogens is 196 g/mol. The zero-order chi connectivity index (χ0) is 11.4. The Morgan fingerprint density at radius 3 is 2.21 bits per heavy atom. The van der Waals surface area contributed by atoms with E-state index in [1.165, 1.54) is 0 Å². The van der Waals surface area contributed by atoms with Gasteiger partial charge in [0.05, 0.1) is 12.5 Å². The zero-order valence-electron chi connectivity index (χ0n) is 9.21. The second kappa shape index (κ2) is 11.9. The quantitative estimate of drug-likeness (QED) is 0.663. The van der Waals surface area contributed by atoms with Crippen molar-refractivity contribution >= 4 is 11.6 Å². The first kappa shape index (κ1) is 15.4. The number of halogens is 1. The van der Waals surface area contributed by atoms with E-state index in [9.17, 15) is 0 Å². The SMILES string of the molecule is CC.CC.N#CCc1ccc(Cl)nc1. The van der Waals surface area contributed by atoms with Crippen molar-refractivity contribution in [1.29, 1.82) is 5.26 Å². The minimum absolute atomic E-state index is 0.393. The van der Waals surface area contributed by atoms with Gasteiger partial charge in [-0.05, 0) is 11.6 Å². The first-order valence-electron chi connectivity index (χ1n) is 4.80. The number of aromatic nitrogens is 1. The van der Waals surface area contributed by atoms with Crippen LogP contribution in [0.25, 0.3) is 0 Å². The summed E-state index contributed by atoms with van der Waals surface area (Å²) < 4.78 is 0. The average Bonchev–Trinajstić information content (AvgIpc) is 2.28. The van der Waals surface area contributed by atoms with E-state index in [1.54, 1.807) is 18.3 Å². The van der Waals surface area contributed by atoms with E-state index in [2.05, 4.69) is 4.98 Å². The summed E-state index contributed by atoms with van der Waals surface area (Å²) in [5.41, 5.74) is 0.895. The number of hydrogen-bond acceptors (Lipinski definition) is 2. The molecule has 2 nitrogen and oxygen atoms in total. The lowest BCUT2D eigenvalue weighted by atomic mass is 10.2. The summed E-state index contributed by atoms with van der Waals surface area (Å²) in [6, 6.07) is 5.49. The van der Waals surface area contributed by atoms with Crippen molar-refractivity contribution < 1.29 is 0 Å². The Morgan fingerprint density at radius 1 is 1.29 bits per heavy atom. The van der Waals surface area contributed by atoms with Crippen LogP contribution in [-0.4, -0.2) is 4.98 Å². The second-order valence-electron chi connectivity index (χ2n) is 1.82. The monoisotopic (exact) mass is 212 g/mol. The van der Waals surface area contributed by atoms with E-state index in [0.29, 0.717) is 11.6 Å². The summed E-state index contributed by atoms with van der Waals surface area (Å²) >= 11 is 5.52. The third-order valence-corrected chi connectivity index (χ3v) is 1.30. The van der Waals surface area contributed by atoms with Crippen LogP contribution in [0.3, 0.4) is 0 Å². The molecule has 78 valence electrons. The molecule has 0 atom stereocenters. The fraction of sp³-hybridized carbons (Fsp3) is 0.455. The van der Waals surface area contributed by atoms with Gasteiger partial charge in [0.2, 0.25) is 0 Å². The summed E-state index contributed by atoms with van der Waals surface area (Å²) in [4.78, 5) is 3.81. The zero-order valence-corrected chi connectivity index (χ0v) is 9.97. The van der Waals surface area contributed by atoms with Crippen LogP contribution < -0.4 is 0 Å². The van der Waals surface area contributed by atoms with E-state index in [1.807, 2.05) is 33.8 Å². The molecule has 0 fully saturated rings. The first-order valence-corrected chi connectivity index (χ1v) is 5.18. The number of nitrogens with zero attached hydrogens (tertiary/aromatic N) is 2. The summed E-state index contributed by atoms with van der Waals surface area (Å²) in [6.45, 7) is 8.00. The molecule has 14 heavy (non-hydrogen) atoms. The standard InChI is InChI=1S/C7H5ClN2.2C2H6/c8-7-2-1-6(3-4-9)5-10-7;2*1-2/h1-2,5H,3H2;2*1-2H3.